The first kappa shape index (κ1) is 16.4. The van der Waals surface area contributed by atoms with Crippen LogP contribution in [-0.4, -0.2) is 10.9 Å². The van der Waals surface area contributed by atoms with Crippen molar-refractivity contribution in [3.8, 4) is 0 Å². The number of hydrogen-bond acceptors (Lipinski definition) is 3. The maximum atomic E-state index is 11.7. The third-order valence-electron chi connectivity index (χ3n) is 2.94. The monoisotopic (exact) mass is 302 g/mol. The summed E-state index contributed by atoms with van der Waals surface area (Å²) in [6.07, 6.45) is 9.15. The molecule has 0 aromatic carbocycles. The summed E-state index contributed by atoms with van der Waals surface area (Å²) in [5.41, 5.74) is 0.817. The van der Waals surface area contributed by atoms with E-state index in [9.17, 15) is 4.79 Å². The molecule has 0 fully saturated rings. The third kappa shape index (κ3) is 7.53. The lowest BCUT2D eigenvalue weighted by atomic mass is 10.1. The largest absolute Gasteiger partial charge is 0.302 e. The molecular weight excluding hydrogens is 280 g/mol. The number of alkyl halides is 1. The number of aromatic nitrogens is 1. The SMILES string of the molecule is CCCCCCCCCC(=O)Nc1nc(CCl)cs1. The van der Waals surface area contributed by atoms with Crippen molar-refractivity contribution < 1.29 is 4.79 Å². The van der Waals surface area contributed by atoms with E-state index in [2.05, 4.69) is 17.2 Å². The number of hydrogen-bond donors (Lipinski definition) is 1. The molecule has 0 saturated heterocycles. The first-order chi connectivity index (χ1) is 9.26. The first-order valence-electron chi connectivity index (χ1n) is 7.06. The van der Waals surface area contributed by atoms with Crippen molar-refractivity contribution in [2.24, 2.45) is 0 Å². The van der Waals surface area contributed by atoms with Gasteiger partial charge in [-0.1, -0.05) is 45.4 Å². The zero-order valence-corrected chi connectivity index (χ0v) is 13.2. The Morgan fingerprint density at radius 3 is 2.58 bits per heavy atom. The van der Waals surface area contributed by atoms with Gasteiger partial charge in [0.2, 0.25) is 5.91 Å². The second-order valence-corrected chi connectivity index (χ2v) is 5.82. The van der Waals surface area contributed by atoms with Crippen molar-refractivity contribution in [1.29, 1.82) is 0 Å². The van der Waals surface area contributed by atoms with Gasteiger partial charge >= 0.3 is 0 Å². The lowest BCUT2D eigenvalue weighted by Gasteiger charge is -2.02. The van der Waals surface area contributed by atoms with E-state index in [-0.39, 0.29) is 5.91 Å². The third-order valence-corrected chi connectivity index (χ3v) is 4.02. The fraction of sp³-hybridized carbons (Fsp3) is 0.714. The number of unbranched alkanes of at least 4 members (excludes halogenated alkanes) is 6. The number of carbonyl (C=O) groups is 1. The molecule has 0 unspecified atom stereocenters. The molecule has 19 heavy (non-hydrogen) atoms. The second-order valence-electron chi connectivity index (χ2n) is 4.70. The standard InChI is InChI=1S/C14H23ClN2OS/c1-2-3-4-5-6-7-8-9-13(18)17-14-16-12(10-15)11-19-14/h11H,2-10H2,1H3,(H,16,17,18). The smallest absolute Gasteiger partial charge is 0.226 e. The van der Waals surface area contributed by atoms with Crippen molar-refractivity contribution in [2.75, 3.05) is 5.32 Å². The van der Waals surface area contributed by atoms with Crippen LogP contribution < -0.4 is 5.32 Å². The van der Waals surface area contributed by atoms with Crippen LogP contribution >= 0.6 is 22.9 Å². The van der Waals surface area contributed by atoms with Gasteiger partial charge in [-0.3, -0.25) is 4.79 Å². The predicted molar refractivity (Wildman–Crippen MR) is 82.9 cm³/mol. The zero-order valence-electron chi connectivity index (χ0n) is 11.6. The minimum absolute atomic E-state index is 0.0593. The number of anilines is 1. The van der Waals surface area contributed by atoms with Gasteiger partial charge in [-0.05, 0) is 6.42 Å². The highest BCUT2D eigenvalue weighted by Gasteiger charge is 2.05. The van der Waals surface area contributed by atoms with E-state index in [0.717, 1.165) is 18.5 Å². The van der Waals surface area contributed by atoms with Crippen LogP contribution in [0.25, 0.3) is 0 Å². The molecule has 0 aliphatic heterocycles. The van der Waals surface area contributed by atoms with E-state index in [1.54, 1.807) is 0 Å². The minimum atomic E-state index is 0.0593. The van der Waals surface area contributed by atoms with E-state index in [1.807, 2.05) is 5.38 Å². The Labute approximate surface area is 124 Å². The Balaban J connectivity index is 2.04. The van der Waals surface area contributed by atoms with Gasteiger partial charge in [-0.15, -0.1) is 22.9 Å². The average molecular weight is 303 g/mol. The molecule has 0 saturated carbocycles. The fourth-order valence-corrected chi connectivity index (χ4v) is 2.81. The molecule has 1 N–H and O–H groups in total. The van der Waals surface area contributed by atoms with Gasteiger partial charge in [-0.2, -0.15) is 0 Å². The lowest BCUT2D eigenvalue weighted by Crippen LogP contribution is -2.10. The van der Waals surface area contributed by atoms with Crippen LogP contribution in [0.15, 0.2) is 5.38 Å². The summed E-state index contributed by atoms with van der Waals surface area (Å²) in [5.74, 6) is 0.452. The maximum Gasteiger partial charge on any atom is 0.226 e. The summed E-state index contributed by atoms with van der Waals surface area (Å²) in [7, 11) is 0. The molecular formula is C14H23ClN2OS. The fourth-order valence-electron chi connectivity index (χ4n) is 1.85. The Morgan fingerprint density at radius 1 is 1.26 bits per heavy atom. The molecule has 108 valence electrons. The summed E-state index contributed by atoms with van der Waals surface area (Å²) in [4.78, 5) is 15.9. The van der Waals surface area contributed by atoms with Crippen molar-refractivity contribution in [3.63, 3.8) is 0 Å². The number of nitrogens with zero attached hydrogens (tertiary/aromatic N) is 1. The van der Waals surface area contributed by atoms with Crippen molar-refractivity contribution in [2.45, 2.75) is 64.2 Å². The van der Waals surface area contributed by atoms with Gasteiger partial charge in [0.15, 0.2) is 5.13 Å². The summed E-state index contributed by atoms with van der Waals surface area (Å²) >= 11 is 7.09. The number of nitrogens with one attached hydrogen (secondary N) is 1. The van der Waals surface area contributed by atoms with Crippen LogP contribution in [0.5, 0.6) is 0 Å². The van der Waals surface area contributed by atoms with Crippen molar-refractivity contribution in [1.82, 2.24) is 4.98 Å². The van der Waals surface area contributed by atoms with Crippen LogP contribution in [-0.2, 0) is 10.7 Å². The first-order valence-corrected chi connectivity index (χ1v) is 8.48. The minimum Gasteiger partial charge on any atom is -0.302 e. The molecule has 0 radical (unpaired) electrons. The summed E-state index contributed by atoms with van der Waals surface area (Å²) in [6, 6.07) is 0. The number of amides is 1. The molecule has 1 heterocycles. The molecule has 5 heteroatoms. The van der Waals surface area contributed by atoms with E-state index in [4.69, 9.17) is 11.6 Å². The number of thiazole rings is 1. The van der Waals surface area contributed by atoms with Gasteiger partial charge in [0, 0.05) is 11.8 Å². The molecule has 0 atom stereocenters. The number of rotatable bonds is 10. The van der Waals surface area contributed by atoms with Gasteiger partial charge in [-0.25, -0.2) is 4.98 Å². The molecule has 0 bridgehead atoms. The van der Waals surface area contributed by atoms with Gasteiger partial charge in [0.1, 0.15) is 0 Å². The van der Waals surface area contributed by atoms with Crippen LogP contribution in [0.2, 0.25) is 0 Å². The van der Waals surface area contributed by atoms with E-state index >= 15 is 0 Å². The molecule has 1 aromatic rings. The Hall–Kier alpha value is -0.610. The Kier molecular flexibility index (Phi) is 8.84. The maximum absolute atomic E-state index is 11.7. The molecule has 0 aliphatic carbocycles. The zero-order chi connectivity index (χ0) is 13.9. The van der Waals surface area contributed by atoms with Gasteiger partial charge in [0.25, 0.3) is 0 Å². The average Bonchev–Trinajstić information content (AvgIpc) is 2.85. The highest BCUT2D eigenvalue weighted by molar-refractivity contribution is 7.13. The van der Waals surface area contributed by atoms with Crippen molar-refractivity contribution >= 4 is 34.0 Å². The molecule has 1 aromatic heterocycles. The summed E-state index contributed by atoms with van der Waals surface area (Å²) in [5, 5.41) is 5.35. The predicted octanol–water partition coefficient (Wildman–Crippen LogP) is 4.96. The highest BCUT2D eigenvalue weighted by atomic mass is 35.5. The van der Waals surface area contributed by atoms with Crippen LogP contribution in [0.3, 0.4) is 0 Å². The van der Waals surface area contributed by atoms with Gasteiger partial charge in [0.05, 0.1) is 11.6 Å². The summed E-state index contributed by atoms with van der Waals surface area (Å²) < 4.78 is 0. The molecule has 3 nitrogen and oxygen atoms in total. The van der Waals surface area contributed by atoms with Crippen LogP contribution in [0.1, 0.15) is 64.0 Å². The lowest BCUT2D eigenvalue weighted by molar-refractivity contribution is -0.116. The number of halogens is 1. The Morgan fingerprint density at radius 2 is 1.95 bits per heavy atom. The quantitative estimate of drug-likeness (QED) is 0.490. The van der Waals surface area contributed by atoms with Crippen molar-refractivity contribution in [3.05, 3.63) is 11.1 Å². The second kappa shape index (κ2) is 10.2. The topological polar surface area (TPSA) is 42.0 Å². The highest BCUT2D eigenvalue weighted by Crippen LogP contribution is 2.17. The van der Waals surface area contributed by atoms with E-state index in [0.29, 0.717) is 17.4 Å². The molecule has 0 aliphatic rings. The van der Waals surface area contributed by atoms with E-state index < -0.39 is 0 Å². The molecule has 1 rings (SSSR count). The van der Waals surface area contributed by atoms with E-state index in [1.165, 1.54) is 43.4 Å². The summed E-state index contributed by atoms with van der Waals surface area (Å²) in [6.45, 7) is 2.22. The number of carbonyl (C=O) groups excluding carboxylic acids is 1. The molecule has 0 spiro atoms. The molecule has 1 amide bonds. The van der Waals surface area contributed by atoms with Gasteiger partial charge < -0.3 is 5.32 Å². The Bertz CT molecular complexity index is 368. The normalized spacial score (nSPS) is 10.6. The van der Waals surface area contributed by atoms with Crippen LogP contribution in [0, 0.1) is 0 Å². The van der Waals surface area contributed by atoms with Crippen LogP contribution in [0.4, 0.5) is 5.13 Å².